The van der Waals surface area contributed by atoms with E-state index in [0.29, 0.717) is 23.5 Å². The van der Waals surface area contributed by atoms with Gasteiger partial charge in [-0.1, -0.05) is 18.2 Å². The Morgan fingerprint density at radius 3 is 2.43 bits per heavy atom. The molecule has 1 saturated carbocycles. The molecule has 3 rings (SSSR count). The number of nitrogens with one attached hydrogen (secondary N) is 2. The van der Waals surface area contributed by atoms with Crippen LogP contribution in [0.5, 0.6) is 11.5 Å². The predicted octanol–water partition coefficient (Wildman–Crippen LogP) is 4.27. The van der Waals surface area contributed by atoms with Crippen LogP contribution in [0.15, 0.2) is 49.1 Å². The summed E-state index contributed by atoms with van der Waals surface area (Å²) in [5.41, 5.74) is 3.03. The number of amides is 2. The average Bonchev–Trinajstić information content (AvgIpc) is 3.59. The van der Waals surface area contributed by atoms with E-state index in [2.05, 4.69) is 17.2 Å². The molecule has 2 N–H and O–H groups in total. The molecule has 0 radical (unpaired) electrons. The zero-order valence-electron chi connectivity index (χ0n) is 17.7. The largest absolute Gasteiger partial charge is 0.493 e. The van der Waals surface area contributed by atoms with E-state index in [1.807, 2.05) is 31.2 Å². The summed E-state index contributed by atoms with van der Waals surface area (Å²) in [4.78, 5) is 24.7. The van der Waals surface area contributed by atoms with Crippen LogP contribution in [0.1, 0.15) is 47.3 Å². The highest BCUT2D eigenvalue weighted by Gasteiger charge is 2.29. The number of ether oxygens (including phenoxy) is 2. The molecule has 2 aromatic carbocycles. The molecule has 1 unspecified atom stereocenters. The highest BCUT2D eigenvalue weighted by molar-refractivity contribution is 5.96. The van der Waals surface area contributed by atoms with Gasteiger partial charge in [0.05, 0.1) is 20.3 Å². The molecule has 1 aliphatic rings. The van der Waals surface area contributed by atoms with Crippen molar-refractivity contribution in [2.75, 3.05) is 19.5 Å². The zero-order valence-corrected chi connectivity index (χ0v) is 17.7. The molecule has 0 aromatic heterocycles. The Balaban J connectivity index is 1.70. The fourth-order valence-electron chi connectivity index (χ4n) is 3.29. The number of hydrogen-bond donors (Lipinski definition) is 2. The average molecular weight is 408 g/mol. The van der Waals surface area contributed by atoms with Crippen molar-refractivity contribution in [3.63, 3.8) is 0 Å². The third kappa shape index (κ3) is 5.00. The van der Waals surface area contributed by atoms with Crippen LogP contribution in [-0.2, 0) is 11.2 Å². The summed E-state index contributed by atoms with van der Waals surface area (Å²) in [6.07, 6.45) is 4.25. The molecule has 1 aliphatic carbocycles. The third-order valence-electron chi connectivity index (χ3n) is 5.16. The number of methoxy groups -OCH3 is 2. The molecule has 2 aromatic rings. The molecule has 0 aliphatic heterocycles. The fraction of sp³-hybridized carbons (Fsp3) is 0.333. The van der Waals surface area contributed by atoms with E-state index in [4.69, 9.17) is 9.47 Å². The van der Waals surface area contributed by atoms with Crippen LogP contribution in [0.4, 0.5) is 5.69 Å². The van der Waals surface area contributed by atoms with E-state index >= 15 is 0 Å². The van der Waals surface area contributed by atoms with E-state index in [9.17, 15) is 9.59 Å². The van der Waals surface area contributed by atoms with E-state index < -0.39 is 0 Å². The van der Waals surface area contributed by atoms with Gasteiger partial charge in [0.1, 0.15) is 0 Å². The Morgan fingerprint density at radius 1 is 1.17 bits per heavy atom. The number of allylic oxidation sites excluding steroid dienone is 1. The van der Waals surface area contributed by atoms with E-state index in [1.54, 1.807) is 32.4 Å². The molecule has 0 heterocycles. The van der Waals surface area contributed by atoms with Gasteiger partial charge >= 0.3 is 0 Å². The number of rotatable bonds is 9. The van der Waals surface area contributed by atoms with Crippen molar-refractivity contribution in [3.8, 4) is 11.5 Å². The maximum absolute atomic E-state index is 12.9. The first-order valence-electron chi connectivity index (χ1n) is 10.0. The van der Waals surface area contributed by atoms with Gasteiger partial charge < -0.3 is 20.1 Å². The van der Waals surface area contributed by atoms with Gasteiger partial charge in [-0.3, -0.25) is 9.59 Å². The van der Waals surface area contributed by atoms with Crippen molar-refractivity contribution in [1.29, 1.82) is 0 Å². The van der Waals surface area contributed by atoms with Crippen molar-refractivity contribution in [3.05, 3.63) is 65.7 Å². The highest BCUT2D eigenvalue weighted by Crippen LogP contribution is 2.33. The summed E-state index contributed by atoms with van der Waals surface area (Å²) in [5, 5.41) is 5.93. The molecule has 1 fully saturated rings. The van der Waals surface area contributed by atoms with E-state index in [0.717, 1.165) is 29.7 Å². The first-order valence-corrected chi connectivity index (χ1v) is 10.0. The summed E-state index contributed by atoms with van der Waals surface area (Å²) in [5.74, 6) is 1.14. The summed E-state index contributed by atoms with van der Waals surface area (Å²) in [7, 11) is 3.12. The topological polar surface area (TPSA) is 76.7 Å². The van der Waals surface area contributed by atoms with Crippen molar-refractivity contribution < 1.29 is 19.1 Å². The van der Waals surface area contributed by atoms with E-state index in [-0.39, 0.29) is 23.8 Å². The SMILES string of the molecule is C=CCc1cc(C(=O)NC(C)c2ccc(NC(=O)C3CC3)cc2)cc(OC)c1OC. The minimum absolute atomic E-state index is 0.0767. The van der Waals surface area contributed by atoms with Gasteiger partial charge in [-0.15, -0.1) is 6.58 Å². The molecule has 0 saturated heterocycles. The van der Waals surface area contributed by atoms with Gasteiger partial charge in [0, 0.05) is 22.7 Å². The van der Waals surface area contributed by atoms with E-state index in [1.165, 1.54) is 0 Å². The lowest BCUT2D eigenvalue weighted by Crippen LogP contribution is -2.26. The highest BCUT2D eigenvalue weighted by atomic mass is 16.5. The lowest BCUT2D eigenvalue weighted by Gasteiger charge is -2.17. The Bertz CT molecular complexity index is 933. The van der Waals surface area contributed by atoms with Crippen LogP contribution in [-0.4, -0.2) is 26.0 Å². The zero-order chi connectivity index (χ0) is 21.7. The monoisotopic (exact) mass is 408 g/mol. The van der Waals surface area contributed by atoms with Crippen molar-refractivity contribution >= 4 is 17.5 Å². The van der Waals surface area contributed by atoms with Crippen LogP contribution < -0.4 is 20.1 Å². The summed E-state index contributed by atoms with van der Waals surface area (Å²) in [6, 6.07) is 10.8. The normalized spacial score (nSPS) is 13.8. The Morgan fingerprint density at radius 2 is 1.87 bits per heavy atom. The van der Waals surface area contributed by atoms with Gasteiger partial charge in [-0.2, -0.15) is 0 Å². The van der Waals surface area contributed by atoms with Gasteiger partial charge in [0.25, 0.3) is 5.91 Å². The Labute approximate surface area is 177 Å². The number of hydrogen-bond acceptors (Lipinski definition) is 4. The standard InChI is InChI=1S/C24H28N2O4/c1-5-6-18-13-19(14-21(29-3)22(18)30-4)24(28)25-15(2)16-9-11-20(12-10-16)26-23(27)17-7-8-17/h5,9-15,17H,1,6-8H2,2-4H3,(H,25,28)(H,26,27). The number of carbonyl (C=O) groups is 2. The van der Waals surface area contributed by atoms with Gasteiger partial charge in [-0.05, 0) is 56.0 Å². The predicted molar refractivity (Wildman–Crippen MR) is 117 cm³/mol. The number of anilines is 1. The molecule has 1 atom stereocenters. The lowest BCUT2D eigenvalue weighted by atomic mass is 10.0. The molecular formula is C24H28N2O4. The van der Waals surface area contributed by atoms with Crippen LogP contribution >= 0.6 is 0 Å². The molecule has 0 spiro atoms. The quantitative estimate of drug-likeness (QED) is 0.608. The summed E-state index contributed by atoms with van der Waals surface area (Å²) in [6.45, 7) is 5.68. The Hall–Kier alpha value is -3.28. The van der Waals surface area contributed by atoms with Gasteiger partial charge in [0.15, 0.2) is 11.5 Å². The molecule has 6 heteroatoms. The second-order valence-electron chi connectivity index (χ2n) is 7.44. The molecule has 158 valence electrons. The van der Waals surface area contributed by atoms with Gasteiger partial charge in [-0.25, -0.2) is 0 Å². The van der Waals surface area contributed by atoms with Crippen molar-refractivity contribution in [2.45, 2.75) is 32.2 Å². The minimum Gasteiger partial charge on any atom is -0.493 e. The second kappa shape index (κ2) is 9.48. The summed E-state index contributed by atoms with van der Waals surface area (Å²) >= 11 is 0. The molecule has 2 amide bonds. The third-order valence-corrected chi connectivity index (χ3v) is 5.16. The lowest BCUT2D eigenvalue weighted by molar-refractivity contribution is -0.117. The smallest absolute Gasteiger partial charge is 0.251 e. The van der Waals surface area contributed by atoms with Crippen LogP contribution in [0.2, 0.25) is 0 Å². The van der Waals surface area contributed by atoms with Crippen molar-refractivity contribution in [1.82, 2.24) is 5.32 Å². The molecule has 6 nitrogen and oxygen atoms in total. The summed E-state index contributed by atoms with van der Waals surface area (Å²) < 4.78 is 10.8. The Kier molecular flexibility index (Phi) is 6.77. The van der Waals surface area contributed by atoms with Crippen LogP contribution in [0.3, 0.4) is 0 Å². The second-order valence-corrected chi connectivity index (χ2v) is 7.44. The molecular weight excluding hydrogens is 380 g/mol. The molecule has 0 bridgehead atoms. The van der Waals surface area contributed by atoms with Crippen LogP contribution in [0.25, 0.3) is 0 Å². The van der Waals surface area contributed by atoms with Gasteiger partial charge in [0.2, 0.25) is 5.91 Å². The maximum Gasteiger partial charge on any atom is 0.251 e. The minimum atomic E-state index is -0.208. The fourth-order valence-corrected chi connectivity index (χ4v) is 3.29. The molecule has 30 heavy (non-hydrogen) atoms. The number of carbonyl (C=O) groups excluding carboxylic acids is 2. The first-order chi connectivity index (χ1) is 14.5. The van der Waals surface area contributed by atoms with Crippen LogP contribution in [0, 0.1) is 5.92 Å². The van der Waals surface area contributed by atoms with Crippen molar-refractivity contribution in [2.24, 2.45) is 5.92 Å². The maximum atomic E-state index is 12.9. The first kappa shape index (κ1) is 21.4. The number of benzene rings is 2.